The predicted molar refractivity (Wildman–Crippen MR) is 70.7 cm³/mol. The highest BCUT2D eigenvalue weighted by Crippen LogP contribution is 2.25. The van der Waals surface area contributed by atoms with Crippen molar-refractivity contribution in [3.8, 4) is 0 Å². The lowest BCUT2D eigenvalue weighted by Gasteiger charge is -2.24. The van der Waals surface area contributed by atoms with Crippen molar-refractivity contribution < 1.29 is 14.7 Å². The molecule has 0 aromatic heterocycles. The van der Waals surface area contributed by atoms with Gasteiger partial charge in [0.05, 0.1) is 16.9 Å². The molecule has 0 heterocycles. The lowest BCUT2D eigenvalue weighted by Crippen LogP contribution is -2.34. The lowest BCUT2D eigenvalue weighted by molar-refractivity contribution is -0.121. The number of hydrogen-bond acceptors (Lipinski definition) is 3. The Bertz CT molecular complexity index is 469. The maximum Gasteiger partial charge on any atom is 0.335 e. The number of aromatic carboxylic acids is 1. The maximum atomic E-state index is 12.0. The largest absolute Gasteiger partial charge is 0.478 e. The van der Waals surface area contributed by atoms with E-state index in [9.17, 15) is 9.59 Å². The molecule has 0 aliphatic rings. The summed E-state index contributed by atoms with van der Waals surface area (Å²) in [5.74, 6) is -1.21. The number of rotatable bonds is 4. The van der Waals surface area contributed by atoms with Crippen molar-refractivity contribution in [1.82, 2.24) is 0 Å². The van der Waals surface area contributed by atoms with Gasteiger partial charge in [-0.1, -0.05) is 13.8 Å². The number of nitrogen functional groups attached to an aromatic ring is 1. The van der Waals surface area contributed by atoms with Gasteiger partial charge < -0.3 is 15.7 Å². The Balaban J connectivity index is 3.15. The number of nitrogens with zero attached hydrogens (tertiary/aromatic N) is 1. The average molecular weight is 250 g/mol. The van der Waals surface area contributed by atoms with Crippen LogP contribution in [0.3, 0.4) is 0 Å². The van der Waals surface area contributed by atoms with E-state index in [-0.39, 0.29) is 17.4 Å². The van der Waals surface area contributed by atoms with Gasteiger partial charge in [0.15, 0.2) is 0 Å². The molecule has 5 heteroatoms. The van der Waals surface area contributed by atoms with Gasteiger partial charge in [0.2, 0.25) is 5.91 Å². The maximum absolute atomic E-state index is 12.0. The highest BCUT2D eigenvalue weighted by molar-refractivity contribution is 5.99. The molecule has 0 saturated heterocycles. The van der Waals surface area contributed by atoms with Gasteiger partial charge in [-0.05, 0) is 25.1 Å². The fourth-order valence-corrected chi connectivity index (χ4v) is 1.69. The molecule has 0 saturated carbocycles. The van der Waals surface area contributed by atoms with Crippen LogP contribution in [-0.4, -0.2) is 23.5 Å². The topological polar surface area (TPSA) is 83.6 Å². The summed E-state index contributed by atoms with van der Waals surface area (Å²) in [6.45, 7) is 5.97. The molecule has 0 fully saturated rings. The van der Waals surface area contributed by atoms with Crippen molar-refractivity contribution >= 4 is 23.3 Å². The first-order valence-corrected chi connectivity index (χ1v) is 5.82. The Kier molecular flexibility index (Phi) is 4.31. The van der Waals surface area contributed by atoms with Gasteiger partial charge in [0.1, 0.15) is 0 Å². The number of carboxylic acid groups (broad SMARTS) is 1. The fourth-order valence-electron chi connectivity index (χ4n) is 1.69. The van der Waals surface area contributed by atoms with Gasteiger partial charge in [-0.25, -0.2) is 4.79 Å². The van der Waals surface area contributed by atoms with Crippen LogP contribution in [0.15, 0.2) is 18.2 Å². The quantitative estimate of drug-likeness (QED) is 0.800. The van der Waals surface area contributed by atoms with E-state index in [4.69, 9.17) is 10.8 Å². The van der Waals surface area contributed by atoms with E-state index < -0.39 is 5.97 Å². The molecule has 0 aliphatic heterocycles. The van der Waals surface area contributed by atoms with Crippen molar-refractivity contribution in [3.05, 3.63) is 23.8 Å². The number of carboxylic acids is 1. The van der Waals surface area contributed by atoms with Crippen molar-refractivity contribution in [3.63, 3.8) is 0 Å². The smallest absolute Gasteiger partial charge is 0.335 e. The average Bonchev–Trinajstić information content (AvgIpc) is 2.31. The van der Waals surface area contributed by atoms with E-state index in [0.717, 1.165) is 0 Å². The molecule has 1 aromatic rings. The number of anilines is 2. The number of hydrogen-bond donors (Lipinski definition) is 2. The number of benzene rings is 1. The van der Waals surface area contributed by atoms with Crippen molar-refractivity contribution in [2.75, 3.05) is 17.2 Å². The second-order valence-electron chi connectivity index (χ2n) is 4.32. The molecular weight excluding hydrogens is 232 g/mol. The molecule has 98 valence electrons. The molecule has 18 heavy (non-hydrogen) atoms. The van der Waals surface area contributed by atoms with E-state index in [1.54, 1.807) is 11.0 Å². The molecule has 3 N–H and O–H groups in total. The van der Waals surface area contributed by atoms with Crippen LogP contribution in [0.4, 0.5) is 11.4 Å². The minimum atomic E-state index is -1.04. The van der Waals surface area contributed by atoms with Gasteiger partial charge in [0.25, 0.3) is 0 Å². The number of carbonyl (C=O) groups is 2. The molecule has 0 aliphatic carbocycles. The molecular formula is C13H18N2O3. The van der Waals surface area contributed by atoms with Crippen LogP contribution in [0.2, 0.25) is 0 Å². The SMILES string of the molecule is CCN(C(=O)C(C)C)c1ccc(C(=O)O)cc1N. The minimum Gasteiger partial charge on any atom is -0.478 e. The van der Waals surface area contributed by atoms with E-state index in [2.05, 4.69) is 0 Å². The van der Waals surface area contributed by atoms with Gasteiger partial charge in [-0.2, -0.15) is 0 Å². The molecule has 1 rings (SSSR count). The molecule has 1 aromatic carbocycles. The second kappa shape index (κ2) is 5.53. The Morgan fingerprint density at radius 1 is 1.39 bits per heavy atom. The summed E-state index contributed by atoms with van der Waals surface area (Å²) < 4.78 is 0. The second-order valence-corrected chi connectivity index (χ2v) is 4.32. The molecule has 0 radical (unpaired) electrons. The van der Waals surface area contributed by atoms with Gasteiger partial charge >= 0.3 is 5.97 Å². The fraction of sp³-hybridized carbons (Fsp3) is 0.385. The van der Waals surface area contributed by atoms with Crippen molar-refractivity contribution in [1.29, 1.82) is 0 Å². The Labute approximate surface area is 106 Å². The van der Waals surface area contributed by atoms with Crippen molar-refractivity contribution in [2.45, 2.75) is 20.8 Å². The lowest BCUT2D eigenvalue weighted by atomic mass is 10.1. The van der Waals surface area contributed by atoms with E-state index in [1.165, 1.54) is 12.1 Å². The third-order valence-corrected chi connectivity index (χ3v) is 2.64. The summed E-state index contributed by atoms with van der Waals surface area (Å²) in [4.78, 5) is 24.4. The van der Waals surface area contributed by atoms with E-state index in [1.807, 2.05) is 20.8 Å². The van der Waals surface area contributed by atoms with Crippen LogP contribution in [0.25, 0.3) is 0 Å². The zero-order valence-corrected chi connectivity index (χ0v) is 10.8. The van der Waals surface area contributed by atoms with Crippen molar-refractivity contribution in [2.24, 2.45) is 5.92 Å². The van der Waals surface area contributed by atoms with Gasteiger partial charge in [-0.15, -0.1) is 0 Å². The molecule has 1 amide bonds. The normalized spacial score (nSPS) is 10.4. The van der Waals surface area contributed by atoms with Crippen LogP contribution < -0.4 is 10.6 Å². The summed E-state index contributed by atoms with van der Waals surface area (Å²) in [5.41, 5.74) is 6.79. The molecule has 0 spiro atoms. The summed E-state index contributed by atoms with van der Waals surface area (Å²) >= 11 is 0. The summed E-state index contributed by atoms with van der Waals surface area (Å²) in [5, 5.41) is 8.86. The van der Waals surface area contributed by atoms with E-state index >= 15 is 0 Å². The van der Waals surface area contributed by atoms with E-state index in [0.29, 0.717) is 17.9 Å². The third-order valence-electron chi connectivity index (χ3n) is 2.64. The molecule has 0 atom stereocenters. The number of carbonyl (C=O) groups excluding carboxylic acids is 1. The first-order valence-electron chi connectivity index (χ1n) is 5.82. The molecule has 0 bridgehead atoms. The van der Waals surface area contributed by atoms with Gasteiger partial charge in [0, 0.05) is 12.5 Å². The zero-order valence-electron chi connectivity index (χ0n) is 10.8. The predicted octanol–water partition coefficient (Wildman–Crippen LogP) is 1.98. The Morgan fingerprint density at radius 3 is 2.39 bits per heavy atom. The number of nitrogens with two attached hydrogens (primary N) is 1. The van der Waals surface area contributed by atoms with Gasteiger partial charge in [-0.3, -0.25) is 4.79 Å². The molecule has 5 nitrogen and oxygen atoms in total. The summed E-state index contributed by atoms with van der Waals surface area (Å²) in [6, 6.07) is 4.39. The van der Waals surface area contributed by atoms with Crippen LogP contribution in [0.1, 0.15) is 31.1 Å². The third kappa shape index (κ3) is 2.80. The zero-order chi connectivity index (χ0) is 13.9. The highest BCUT2D eigenvalue weighted by Gasteiger charge is 2.19. The number of amides is 1. The summed E-state index contributed by atoms with van der Waals surface area (Å²) in [6.07, 6.45) is 0. The van der Waals surface area contributed by atoms with Crippen LogP contribution in [0, 0.1) is 5.92 Å². The molecule has 0 unspecified atom stereocenters. The minimum absolute atomic E-state index is 0.0349. The van der Waals surface area contributed by atoms with Crippen LogP contribution in [0.5, 0.6) is 0 Å². The summed E-state index contributed by atoms with van der Waals surface area (Å²) in [7, 11) is 0. The van der Waals surface area contributed by atoms with Crippen LogP contribution in [-0.2, 0) is 4.79 Å². The first kappa shape index (κ1) is 14.0. The monoisotopic (exact) mass is 250 g/mol. The Hall–Kier alpha value is -2.04. The standard InChI is InChI=1S/C13H18N2O3/c1-4-15(12(16)8(2)3)11-6-5-9(13(17)18)7-10(11)14/h5-8H,4,14H2,1-3H3,(H,17,18). The van der Waals surface area contributed by atoms with Crippen LogP contribution >= 0.6 is 0 Å². The first-order chi connectivity index (χ1) is 8.38. The Morgan fingerprint density at radius 2 is 2.00 bits per heavy atom. The highest BCUT2D eigenvalue weighted by atomic mass is 16.4.